The molecule has 0 N–H and O–H groups in total. The molecule has 0 spiro atoms. The van der Waals surface area contributed by atoms with Gasteiger partial charge in [0.15, 0.2) is 0 Å². The highest BCUT2D eigenvalue weighted by molar-refractivity contribution is 6.31. The van der Waals surface area contributed by atoms with Gasteiger partial charge in [0.25, 0.3) is 0 Å². The van der Waals surface area contributed by atoms with Crippen molar-refractivity contribution in [2.24, 2.45) is 0 Å². The summed E-state index contributed by atoms with van der Waals surface area (Å²) in [7, 11) is 0. The molecule has 20 heavy (non-hydrogen) atoms. The SMILES string of the molecule is O=C(C(=CCl)N1CCCCC1)C(=CCl)N1CCCCC1. The average Bonchev–Trinajstić information content (AvgIpc) is 2.51. The molecule has 2 rings (SSSR count). The highest BCUT2D eigenvalue weighted by Gasteiger charge is 2.26. The Labute approximate surface area is 131 Å². The van der Waals surface area contributed by atoms with Crippen molar-refractivity contribution in [3.8, 4) is 0 Å². The summed E-state index contributed by atoms with van der Waals surface area (Å²) in [5.41, 5.74) is 4.00. The number of hydrogen-bond acceptors (Lipinski definition) is 3. The Morgan fingerprint density at radius 1 is 0.700 bits per heavy atom. The number of Topliss-reactive ketones (excluding diaryl/α,β-unsaturated/α-hetero) is 1. The largest absolute Gasteiger partial charge is 0.368 e. The minimum Gasteiger partial charge on any atom is -0.368 e. The molecule has 2 aliphatic rings. The van der Waals surface area contributed by atoms with Gasteiger partial charge in [0.1, 0.15) is 0 Å². The predicted octanol–water partition coefficient (Wildman–Crippen LogP) is 3.69. The summed E-state index contributed by atoms with van der Waals surface area (Å²) < 4.78 is 0. The fraction of sp³-hybridized carbons (Fsp3) is 0.667. The molecule has 0 bridgehead atoms. The van der Waals surface area contributed by atoms with E-state index < -0.39 is 0 Å². The Bertz CT molecular complexity index is 359. The molecule has 0 aliphatic carbocycles. The number of ketones is 1. The quantitative estimate of drug-likeness (QED) is 0.739. The summed E-state index contributed by atoms with van der Waals surface area (Å²) in [6.07, 6.45) is 6.92. The molecule has 0 amide bonds. The lowest BCUT2D eigenvalue weighted by atomic mass is 10.1. The molecule has 2 aliphatic heterocycles. The van der Waals surface area contributed by atoms with Crippen LogP contribution in [0.2, 0.25) is 0 Å². The van der Waals surface area contributed by atoms with Gasteiger partial charge in [0.2, 0.25) is 5.78 Å². The van der Waals surface area contributed by atoms with Gasteiger partial charge in [0.05, 0.1) is 11.4 Å². The lowest BCUT2D eigenvalue weighted by Gasteiger charge is -2.34. The van der Waals surface area contributed by atoms with Crippen LogP contribution in [-0.4, -0.2) is 41.8 Å². The highest BCUT2D eigenvalue weighted by atomic mass is 35.5. The van der Waals surface area contributed by atoms with Crippen molar-refractivity contribution in [1.82, 2.24) is 9.80 Å². The van der Waals surface area contributed by atoms with Crippen LogP contribution in [0.1, 0.15) is 38.5 Å². The van der Waals surface area contributed by atoms with Crippen LogP contribution in [0.3, 0.4) is 0 Å². The van der Waals surface area contributed by atoms with Crippen LogP contribution in [0, 0.1) is 0 Å². The standard InChI is InChI=1S/C15H22Cl2N2O/c16-11-13(18-7-3-1-4-8-18)15(20)14(12-17)19-9-5-2-6-10-19/h11-12H,1-10H2. The first-order valence-electron chi connectivity index (χ1n) is 7.43. The number of piperidine rings is 2. The van der Waals surface area contributed by atoms with E-state index in [1.165, 1.54) is 23.9 Å². The van der Waals surface area contributed by atoms with E-state index >= 15 is 0 Å². The Hall–Kier alpha value is -0.670. The summed E-state index contributed by atoms with van der Waals surface area (Å²) in [6, 6.07) is 0. The number of carbonyl (C=O) groups excluding carboxylic acids is 1. The van der Waals surface area contributed by atoms with Crippen LogP contribution < -0.4 is 0 Å². The molecule has 5 heteroatoms. The lowest BCUT2D eigenvalue weighted by Crippen LogP contribution is -2.38. The van der Waals surface area contributed by atoms with Crippen LogP contribution in [-0.2, 0) is 4.79 Å². The first kappa shape index (κ1) is 15.7. The molecule has 0 atom stereocenters. The molecule has 2 saturated heterocycles. The van der Waals surface area contributed by atoms with E-state index in [-0.39, 0.29) is 5.78 Å². The van der Waals surface area contributed by atoms with Crippen LogP contribution >= 0.6 is 23.2 Å². The lowest BCUT2D eigenvalue weighted by molar-refractivity contribution is -0.115. The van der Waals surface area contributed by atoms with Crippen molar-refractivity contribution in [2.45, 2.75) is 38.5 Å². The van der Waals surface area contributed by atoms with Crippen LogP contribution in [0.25, 0.3) is 0 Å². The minimum atomic E-state index is -0.0428. The first-order valence-corrected chi connectivity index (χ1v) is 8.30. The molecule has 0 saturated carbocycles. The fourth-order valence-corrected chi connectivity index (χ4v) is 3.40. The van der Waals surface area contributed by atoms with E-state index in [0.29, 0.717) is 11.4 Å². The summed E-state index contributed by atoms with van der Waals surface area (Å²) in [6.45, 7) is 3.61. The maximum atomic E-state index is 12.7. The Morgan fingerprint density at radius 2 is 1.05 bits per heavy atom. The molecule has 0 radical (unpaired) electrons. The Kier molecular flexibility index (Phi) is 6.24. The van der Waals surface area contributed by atoms with Crippen LogP contribution in [0.15, 0.2) is 22.5 Å². The van der Waals surface area contributed by atoms with Gasteiger partial charge in [0, 0.05) is 37.2 Å². The zero-order valence-electron chi connectivity index (χ0n) is 11.8. The van der Waals surface area contributed by atoms with Crippen molar-refractivity contribution < 1.29 is 4.79 Å². The van der Waals surface area contributed by atoms with E-state index in [0.717, 1.165) is 51.9 Å². The molecule has 0 unspecified atom stereocenters. The number of nitrogens with zero attached hydrogens (tertiary/aromatic N) is 2. The Morgan fingerprint density at radius 3 is 1.35 bits per heavy atom. The zero-order chi connectivity index (χ0) is 14.4. The van der Waals surface area contributed by atoms with Crippen molar-refractivity contribution in [3.63, 3.8) is 0 Å². The second-order valence-electron chi connectivity index (χ2n) is 5.41. The van der Waals surface area contributed by atoms with E-state index in [1.807, 2.05) is 0 Å². The van der Waals surface area contributed by atoms with Crippen LogP contribution in [0.4, 0.5) is 0 Å². The summed E-state index contributed by atoms with van der Waals surface area (Å²) in [4.78, 5) is 16.9. The van der Waals surface area contributed by atoms with Crippen molar-refractivity contribution in [1.29, 1.82) is 0 Å². The Balaban J connectivity index is 2.09. The monoisotopic (exact) mass is 316 g/mol. The molecule has 0 aromatic carbocycles. The molecular formula is C15H22Cl2N2O. The van der Waals surface area contributed by atoms with Gasteiger partial charge in [-0.3, -0.25) is 4.79 Å². The molecule has 2 heterocycles. The smallest absolute Gasteiger partial charge is 0.226 e. The predicted molar refractivity (Wildman–Crippen MR) is 83.7 cm³/mol. The highest BCUT2D eigenvalue weighted by Crippen LogP contribution is 2.23. The van der Waals surface area contributed by atoms with Crippen molar-refractivity contribution in [2.75, 3.05) is 26.2 Å². The van der Waals surface area contributed by atoms with E-state index in [1.54, 1.807) is 0 Å². The first-order chi connectivity index (χ1) is 9.77. The van der Waals surface area contributed by atoms with Crippen LogP contribution in [0.5, 0.6) is 0 Å². The summed E-state index contributed by atoms with van der Waals surface area (Å²) in [5, 5.41) is 0. The number of rotatable bonds is 4. The van der Waals surface area contributed by atoms with Gasteiger partial charge < -0.3 is 9.80 Å². The summed E-state index contributed by atoms with van der Waals surface area (Å²) >= 11 is 11.8. The second kappa shape index (κ2) is 7.94. The third kappa shape index (κ3) is 3.70. The van der Waals surface area contributed by atoms with E-state index in [4.69, 9.17) is 23.2 Å². The minimum absolute atomic E-state index is 0.0428. The fourth-order valence-electron chi connectivity index (χ4n) is 2.93. The number of likely N-dealkylation sites (tertiary alicyclic amines) is 2. The maximum Gasteiger partial charge on any atom is 0.226 e. The molecule has 112 valence electrons. The topological polar surface area (TPSA) is 23.6 Å². The molecule has 0 aromatic rings. The molecular weight excluding hydrogens is 295 g/mol. The van der Waals surface area contributed by atoms with Gasteiger partial charge in [-0.05, 0) is 38.5 Å². The van der Waals surface area contributed by atoms with Gasteiger partial charge in [-0.25, -0.2) is 0 Å². The molecule has 3 nitrogen and oxygen atoms in total. The van der Waals surface area contributed by atoms with Gasteiger partial charge >= 0.3 is 0 Å². The van der Waals surface area contributed by atoms with Crippen molar-refractivity contribution >= 4 is 29.0 Å². The zero-order valence-corrected chi connectivity index (χ0v) is 13.3. The molecule has 2 fully saturated rings. The molecule has 0 aromatic heterocycles. The number of carbonyl (C=O) groups is 1. The van der Waals surface area contributed by atoms with E-state index in [9.17, 15) is 4.79 Å². The maximum absolute atomic E-state index is 12.7. The average molecular weight is 317 g/mol. The van der Waals surface area contributed by atoms with E-state index in [2.05, 4.69) is 9.80 Å². The number of hydrogen-bond donors (Lipinski definition) is 0. The van der Waals surface area contributed by atoms with Gasteiger partial charge in [-0.1, -0.05) is 23.2 Å². The number of halogens is 2. The van der Waals surface area contributed by atoms with Gasteiger partial charge in [-0.15, -0.1) is 0 Å². The third-order valence-electron chi connectivity index (χ3n) is 4.07. The summed E-state index contributed by atoms with van der Waals surface area (Å²) in [5.74, 6) is -0.0428. The second-order valence-corrected chi connectivity index (χ2v) is 5.85. The third-order valence-corrected chi connectivity index (χ3v) is 4.48. The van der Waals surface area contributed by atoms with Gasteiger partial charge in [-0.2, -0.15) is 0 Å². The van der Waals surface area contributed by atoms with Crippen molar-refractivity contribution in [3.05, 3.63) is 22.5 Å². The normalized spacial score (nSPS) is 22.1.